The number of phenolic OH excluding ortho intramolecular Hbond substituents is 1. The molecule has 0 saturated heterocycles. The van der Waals surface area contributed by atoms with Crippen molar-refractivity contribution in [3.8, 4) is 11.5 Å². The highest BCUT2D eigenvalue weighted by molar-refractivity contribution is 8.93. The van der Waals surface area contributed by atoms with E-state index in [1.165, 1.54) is 11.6 Å². The van der Waals surface area contributed by atoms with E-state index >= 15 is 0 Å². The van der Waals surface area contributed by atoms with E-state index < -0.39 is 6.10 Å². The molecule has 0 bridgehead atoms. The van der Waals surface area contributed by atoms with Crippen LogP contribution < -0.4 is 15.4 Å². The van der Waals surface area contributed by atoms with E-state index in [-0.39, 0.29) is 34.5 Å². The number of ether oxygens (including phenoxy) is 1. The molecule has 0 saturated carbocycles. The first-order valence-electron chi connectivity index (χ1n) is 8.11. The molecule has 0 heterocycles. The Bertz CT molecular complexity index is 694. The summed E-state index contributed by atoms with van der Waals surface area (Å²) in [5.74, 6) is 0.788. The summed E-state index contributed by atoms with van der Waals surface area (Å²) in [5.41, 5.74) is 2.07. The fourth-order valence-corrected chi connectivity index (χ4v) is 2.56. The summed E-state index contributed by atoms with van der Waals surface area (Å²) in [6.45, 7) is 2.41. The molecule has 0 unspecified atom stereocenters. The number of phenols is 1. The maximum absolute atomic E-state index is 10.5. The van der Waals surface area contributed by atoms with E-state index in [4.69, 9.17) is 4.74 Å². The number of halogens is 1. The van der Waals surface area contributed by atoms with Crippen LogP contribution in [0.5, 0.6) is 11.5 Å². The molecule has 4 N–H and O–H groups in total. The molecule has 26 heavy (non-hydrogen) atoms. The number of rotatable bonds is 9. The third kappa shape index (κ3) is 6.33. The van der Waals surface area contributed by atoms with Gasteiger partial charge in [0.05, 0.1) is 18.9 Å². The van der Waals surface area contributed by atoms with Crippen LogP contribution in [-0.4, -0.2) is 36.3 Å². The van der Waals surface area contributed by atoms with Crippen LogP contribution in [0.1, 0.15) is 24.2 Å². The number of aromatic hydroxyl groups is 1. The summed E-state index contributed by atoms with van der Waals surface area (Å²) in [5, 5.41) is 25.6. The molecule has 2 atom stereocenters. The zero-order valence-corrected chi connectivity index (χ0v) is 16.5. The minimum absolute atomic E-state index is 0. The van der Waals surface area contributed by atoms with Crippen LogP contribution >= 0.6 is 17.0 Å². The van der Waals surface area contributed by atoms with Gasteiger partial charge >= 0.3 is 0 Å². The highest BCUT2D eigenvalue weighted by Gasteiger charge is 2.12. The Labute approximate surface area is 164 Å². The number of benzene rings is 2. The van der Waals surface area contributed by atoms with Crippen LogP contribution in [0.4, 0.5) is 5.69 Å². The third-order valence-electron chi connectivity index (χ3n) is 3.98. The molecule has 7 heteroatoms. The lowest BCUT2D eigenvalue weighted by Crippen LogP contribution is -2.32. The first-order valence-corrected chi connectivity index (χ1v) is 8.11. The Morgan fingerprint density at radius 1 is 1.19 bits per heavy atom. The zero-order chi connectivity index (χ0) is 18.2. The number of aliphatic hydroxyl groups is 1. The lowest BCUT2D eigenvalue weighted by molar-refractivity contribution is -0.105. The lowest BCUT2D eigenvalue weighted by Gasteiger charge is -2.18. The Kier molecular flexibility index (Phi) is 9.12. The lowest BCUT2D eigenvalue weighted by atomic mass is 10.1. The number of nitrogens with one attached hydrogen (secondary N) is 2. The predicted molar refractivity (Wildman–Crippen MR) is 107 cm³/mol. The second-order valence-corrected chi connectivity index (χ2v) is 5.92. The van der Waals surface area contributed by atoms with E-state index in [1.807, 2.05) is 31.2 Å². The number of carbonyl (C=O) groups excluding carboxylic acids is 1. The summed E-state index contributed by atoms with van der Waals surface area (Å²) < 4.78 is 5.14. The van der Waals surface area contributed by atoms with Crippen LogP contribution in [0.15, 0.2) is 42.5 Å². The topological polar surface area (TPSA) is 90.8 Å². The number of carbonyl (C=O) groups is 1. The summed E-state index contributed by atoms with van der Waals surface area (Å²) in [6.07, 6.45) is 0.566. The second-order valence-electron chi connectivity index (χ2n) is 5.92. The van der Waals surface area contributed by atoms with Gasteiger partial charge in [0.2, 0.25) is 6.41 Å². The molecule has 2 aromatic rings. The van der Waals surface area contributed by atoms with Crippen molar-refractivity contribution >= 4 is 29.1 Å². The molecule has 6 nitrogen and oxygen atoms in total. The van der Waals surface area contributed by atoms with Gasteiger partial charge in [0.25, 0.3) is 0 Å². The summed E-state index contributed by atoms with van der Waals surface area (Å²) in [7, 11) is 1.64. The normalized spacial score (nSPS) is 12.6. The van der Waals surface area contributed by atoms with Gasteiger partial charge in [0.15, 0.2) is 0 Å². The Morgan fingerprint density at radius 2 is 1.88 bits per heavy atom. The maximum atomic E-state index is 10.5. The predicted octanol–water partition coefficient (Wildman–Crippen LogP) is 2.80. The average molecular weight is 425 g/mol. The van der Waals surface area contributed by atoms with Gasteiger partial charge in [-0.15, -0.1) is 17.0 Å². The molecule has 0 spiro atoms. The molecule has 0 fully saturated rings. The van der Waals surface area contributed by atoms with Crippen LogP contribution in [0.25, 0.3) is 0 Å². The van der Waals surface area contributed by atoms with Gasteiger partial charge in [-0.05, 0) is 48.7 Å². The first-order chi connectivity index (χ1) is 12.0. The smallest absolute Gasteiger partial charge is 0.211 e. The second kappa shape index (κ2) is 10.8. The molecule has 2 rings (SSSR count). The Balaban J connectivity index is 0.00000338. The van der Waals surface area contributed by atoms with Crippen molar-refractivity contribution in [2.45, 2.75) is 25.5 Å². The molecule has 0 aromatic heterocycles. The number of methoxy groups -OCH3 is 1. The average Bonchev–Trinajstić information content (AvgIpc) is 2.62. The summed E-state index contributed by atoms with van der Waals surface area (Å²) in [4.78, 5) is 10.5. The minimum Gasteiger partial charge on any atom is -0.506 e. The van der Waals surface area contributed by atoms with Gasteiger partial charge in [-0.1, -0.05) is 18.2 Å². The number of anilines is 1. The molecule has 0 aliphatic rings. The molecule has 142 valence electrons. The van der Waals surface area contributed by atoms with Crippen molar-refractivity contribution in [3.05, 3.63) is 53.6 Å². The SMILES string of the molecule is Br.COc1ccc(C[C@@H](C)NC[C@H](O)c2ccc(O)c(NC=O)c2)cc1. The molecular weight excluding hydrogens is 400 g/mol. The highest BCUT2D eigenvalue weighted by Crippen LogP contribution is 2.26. The van der Waals surface area contributed by atoms with Crippen molar-refractivity contribution in [1.29, 1.82) is 0 Å². The van der Waals surface area contributed by atoms with Crippen molar-refractivity contribution in [2.24, 2.45) is 0 Å². The largest absolute Gasteiger partial charge is 0.506 e. The van der Waals surface area contributed by atoms with E-state index in [2.05, 4.69) is 10.6 Å². The maximum Gasteiger partial charge on any atom is 0.211 e. The number of amides is 1. The van der Waals surface area contributed by atoms with Crippen molar-refractivity contribution in [2.75, 3.05) is 19.0 Å². The van der Waals surface area contributed by atoms with E-state index in [0.717, 1.165) is 12.2 Å². The number of aliphatic hydroxyl groups excluding tert-OH is 1. The summed E-state index contributed by atoms with van der Waals surface area (Å²) in [6, 6.07) is 12.7. The van der Waals surface area contributed by atoms with Crippen LogP contribution in [-0.2, 0) is 11.2 Å². The van der Waals surface area contributed by atoms with Gasteiger partial charge in [0.1, 0.15) is 11.5 Å². The molecule has 1 amide bonds. The fourth-order valence-electron chi connectivity index (χ4n) is 2.56. The Morgan fingerprint density at radius 3 is 2.50 bits per heavy atom. The molecule has 0 radical (unpaired) electrons. The number of hydrogen-bond acceptors (Lipinski definition) is 5. The van der Waals surface area contributed by atoms with Gasteiger partial charge in [-0.25, -0.2) is 0 Å². The third-order valence-corrected chi connectivity index (χ3v) is 3.98. The monoisotopic (exact) mass is 424 g/mol. The summed E-state index contributed by atoms with van der Waals surface area (Å²) >= 11 is 0. The first kappa shape index (κ1) is 22.0. The van der Waals surface area contributed by atoms with Crippen LogP contribution in [0.3, 0.4) is 0 Å². The van der Waals surface area contributed by atoms with Crippen molar-refractivity contribution < 1.29 is 19.7 Å². The van der Waals surface area contributed by atoms with Crippen molar-refractivity contribution in [3.63, 3.8) is 0 Å². The van der Waals surface area contributed by atoms with Gasteiger partial charge in [-0.3, -0.25) is 4.79 Å². The van der Waals surface area contributed by atoms with Gasteiger partial charge in [-0.2, -0.15) is 0 Å². The minimum atomic E-state index is -0.744. The quantitative estimate of drug-likeness (QED) is 0.367. The van der Waals surface area contributed by atoms with E-state index in [9.17, 15) is 15.0 Å². The van der Waals surface area contributed by atoms with E-state index in [1.54, 1.807) is 19.2 Å². The van der Waals surface area contributed by atoms with Crippen LogP contribution in [0, 0.1) is 0 Å². The molecule has 2 aromatic carbocycles. The Hall–Kier alpha value is -2.09. The molecule has 0 aliphatic heterocycles. The van der Waals surface area contributed by atoms with Crippen LogP contribution in [0.2, 0.25) is 0 Å². The molecule has 0 aliphatic carbocycles. The van der Waals surface area contributed by atoms with Gasteiger partial charge in [0, 0.05) is 12.6 Å². The standard InChI is InChI=1S/C19H24N2O4.BrH/c1-13(9-14-3-6-16(25-2)7-4-14)20-11-19(24)15-5-8-18(23)17(10-15)21-12-22;/h3-8,10,12-13,19-20,23-24H,9,11H2,1-2H3,(H,21,22);1H/t13-,19+;/m1./s1. The molecular formula is C19H25BrN2O4. The zero-order valence-electron chi connectivity index (χ0n) is 14.8. The van der Waals surface area contributed by atoms with E-state index in [0.29, 0.717) is 18.5 Å². The number of hydrogen-bond donors (Lipinski definition) is 4. The van der Waals surface area contributed by atoms with Crippen molar-refractivity contribution in [1.82, 2.24) is 5.32 Å². The van der Waals surface area contributed by atoms with Gasteiger partial charge < -0.3 is 25.6 Å². The highest BCUT2D eigenvalue weighted by atomic mass is 79.9. The fraction of sp³-hybridized carbons (Fsp3) is 0.316.